The molecule has 0 bridgehead atoms. The van der Waals surface area contributed by atoms with E-state index in [0.717, 1.165) is 27.7 Å². The maximum absolute atomic E-state index is 12.7. The van der Waals surface area contributed by atoms with Crippen LogP contribution in [0.25, 0.3) is 0 Å². The first-order chi connectivity index (χ1) is 16.9. The van der Waals surface area contributed by atoms with Gasteiger partial charge in [-0.3, -0.25) is 4.90 Å². The summed E-state index contributed by atoms with van der Waals surface area (Å²) in [6, 6.07) is 4.64. The number of carboxylic acid groups (broad SMARTS) is 1. The van der Waals surface area contributed by atoms with Gasteiger partial charge >= 0.3 is 12.1 Å². The number of benzene rings is 1. The molecule has 0 radical (unpaired) electrons. The third-order valence-electron chi connectivity index (χ3n) is 6.11. The van der Waals surface area contributed by atoms with E-state index in [9.17, 15) is 14.7 Å². The summed E-state index contributed by atoms with van der Waals surface area (Å²) in [5.41, 5.74) is 2.73. The van der Waals surface area contributed by atoms with Gasteiger partial charge in [-0.15, -0.1) is 11.3 Å². The van der Waals surface area contributed by atoms with Gasteiger partial charge in [-0.05, 0) is 32.8 Å². The molecule has 3 heterocycles. The molecule has 3 atom stereocenters. The largest absolute Gasteiger partial charge is 0.497 e. The summed E-state index contributed by atoms with van der Waals surface area (Å²) < 4.78 is 17.3. The highest BCUT2D eigenvalue weighted by molar-refractivity contribution is 7.11. The first-order valence-electron chi connectivity index (χ1n) is 12.0. The fraction of sp³-hybridized carbons (Fsp3) is 0.538. The second-order valence-corrected chi connectivity index (χ2v) is 11.2. The summed E-state index contributed by atoms with van der Waals surface area (Å²) in [4.78, 5) is 35.6. The molecule has 1 aromatic heterocycles. The first-order valence-corrected chi connectivity index (χ1v) is 12.9. The minimum Gasteiger partial charge on any atom is -0.497 e. The summed E-state index contributed by atoms with van der Waals surface area (Å²) in [5.74, 6) is -0.0849. The molecule has 0 aliphatic carbocycles. The Hall–Kier alpha value is -2.98. The van der Waals surface area contributed by atoms with E-state index >= 15 is 0 Å². The van der Waals surface area contributed by atoms with Crippen LogP contribution in [0.5, 0.6) is 5.75 Å². The smallest absolute Gasteiger partial charge is 0.411 e. The highest BCUT2D eigenvalue weighted by Crippen LogP contribution is 2.41. The summed E-state index contributed by atoms with van der Waals surface area (Å²) in [7, 11) is 1.61. The second-order valence-electron chi connectivity index (χ2n) is 10.4. The van der Waals surface area contributed by atoms with Crippen molar-refractivity contribution in [2.45, 2.75) is 77.2 Å². The molecule has 194 valence electrons. The Morgan fingerprint density at radius 1 is 1.25 bits per heavy atom. The number of aromatic nitrogens is 1. The number of hydrogen-bond donors (Lipinski definition) is 1. The average Bonchev–Trinajstić information content (AvgIpc) is 3.45. The number of carbonyl (C=O) groups is 2. The summed E-state index contributed by atoms with van der Waals surface area (Å²) in [6.45, 7) is 9.59. The molecule has 1 unspecified atom stereocenters. The maximum Gasteiger partial charge on any atom is 0.411 e. The van der Waals surface area contributed by atoms with E-state index in [-0.39, 0.29) is 19.1 Å². The molecule has 1 fully saturated rings. The van der Waals surface area contributed by atoms with E-state index in [1.165, 1.54) is 4.90 Å². The number of carboxylic acids is 1. The fourth-order valence-electron chi connectivity index (χ4n) is 4.32. The van der Waals surface area contributed by atoms with Crippen LogP contribution in [0.2, 0.25) is 0 Å². The van der Waals surface area contributed by atoms with Gasteiger partial charge in [-0.2, -0.15) is 0 Å². The van der Waals surface area contributed by atoms with Crippen LogP contribution in [-0.2, 0) is 14.3 Å². The van der Waals surface area contributed by atoms with Crippen molar-refractivity contribution < 1.29 is 28.9 Å². The molecule has 0 saturated carbocycles. The number of likely N-dealkylation sites (tertiary alicyclic amines) is 1. The van der Waals surface area contributed by atoms with Crippen molar-refractivity contribution in [1.82, 2.24) is 9.88 Å². The minimum absolute atomic E-state index is 0.134. The Kier molecular flexibility index (Phi) is 7.38. The van der Waals surface area contributed by atoms with Gasteiger partial charge in [0.25, 0.3) is 0 Å². The van der Waals surface area contributed by atoms with Crippen LogP contribution in [0.4, 0.5) is 10.5 Å². The topological polar surface area (TPSA) is 111 Å². The minimum atomic E-state index is -1.08. The van der Waals surface area contributed by atoms with Gasteiger partial charge in [-0.1, -0.05) is 19.9 Å². The molecule has 1 saturated heterocycles. The summed E-state index contributed by atoms with van der Waals surface area (Å²) in [5, 5.41) is 12.6. The zero-order valence-electron chi connectivity index (χ0n) is 21.5. The van der Waals surface area contributed by atoms with E-state index in [2.05, 4.69) is 13.8 Å². The van der Waals surface area contributed by atoms with Crippen molar-refractivity contribution in [1.29, 1.82) is 0 Å². The highest BCUT2D eigenvalue weighted by atomic mass is 32.1. The third kappa shape index (κ3) is 5.70. The monoisotopic (exact) mass is 515 g/mol. The van der Waals surface area contributed by atoms with Crippen LogP contribution in [0, 0.1) is 0 Å². The number of amides is 1. The number of nitrogens with zero attached hydrogens (tertiary/aromatic N) is 3. The molecular weight excluding hydrogens is 482 g/mol. The lowest BCUT2D eigenvalue weighted by molar-refractivity contribution is -0.142. The fourth-order valence-corrected chi connectivity index (χ4v) is 5.30. The van der Waals surface area contributed by atoms with Crippen molar-refractivity contribution in [2.75, 3.05) is 13.7 Å². The molecule has 1 amide bonds. The van der Waals surface area contributed by atoms with Gasteiger partial charge in [0.1, 0.15) is 22.4 Å². The average molecular weight is 516 g/mol. The van der Waals surface area contributed by atoms with Crippen LogP contribution in [0.15, 0.2) is 28.6 Å². The lowest BCUT2D eigenvalue weighted by Crippen LogP contribution is -2.43. The van der Waals surface area contributed by atoms with Crippen LogP contribution >= 0.6 is 11.3 Å². The second kappa shape index (κ2) is 10.2. The Morgan fingerprint density at radius 2 is 2.00 bits per heavy atom. The van der Waals surface area contributed by atoms with Crippen LogP contribution < -0.4 is 4.74 Å². The molecule has 10 heteroatoms. The van der Waals surface area contributed by atoms with Gasteiger partial charge in [-0.25, -0.2) is 19.6 Å². The Labute approximate surface area is 215 Å². The number of aliphatic imine (C=N–C) groups is 1. The van der Waals surface area contributed by atoms with Crippen molar-refractivity contribution in [3.8, 4) is 5.75 Å². The van der Waals surface area contributed by atoms with Gasteiger partial charge < -0.3 is 19.3 Å². The number of methoxy groups -OCH3 is 1. The summed E-state index contributed by atoms with van der Waals surface area (Å²) >= 11 is 1.55. The van der Waals surface area contributed by atoms with Crippen molar-refractivity contribution in [3.63, 3.8) is 0 Å². The molecule has 0 spiro atoms. The molecule has 2 aliphatic heterocycles. The zero-order valence-corrected chi connectivity index (χ0v) is 22.3. The quantitative estimate of drug-likeness (QED) is 0.554. The first kappa shape index (κ1) is 26.1. The van der Waals surface area contributed by atoms with E-state index < -0.39 is 29.8 Å². The molecule has 36 heavy (non-hydrogen) atoms. The Morgan fingerprint density at radius 3 is 2.61 bits per heavy atom. The normalized spacial score (nSPS) is 21.8. The van der Waals surface area contributed by atoms with E-state index in [1.807, 2.05) is 23.6 Å². The third-order valence-corrected chi connectivity index (χ3v) is 7.02. The van der Waals surface area contributed by atoms with Gasteiger partial charge in [0.05, 0.1) is 43.0 Å². The number of thiazole rings is 1. The van der Waals surface area contributed by atoms with Crippen molar-refractivity contribution in [2.24, 2.45) is 4.99 Å². The molecule has 2 aliphatic rings. The SMILES string of the molecule is COc1ccc2c(c1)N=C(c1nc(C(C)C)cs1)CC2O[C@@H]1C[C@@H](C(=O)O)N(C(=O)OC(C)(C)C)C1. The van der Waals surface area contributed by atoms with E-state index in [1.54, 1.807) is 39.2 Å². The van der Waals surface area contributed by atoms with E-state index in [4.69, 9.17) is 24.2 Å². The Bertz CT molecular complexity index is 1170. The molecule has 1 N–H and O–H groups in total. The van der Waals surface area contributed by atoms with Crippen LogP contribution in [-0.4, -0.2) is 64.2 Å². The lowest BCUT2D eigenvalue weighted by Gasteiger charge is -2.28. The molecule has 2 aromatic rings. The standard InChI is InChI=1S/C26H33N3O6S/c1-14(2)20-13-36-23(28-20)19-11-22(17-8-7-15(33-6)9-18(17)27-19)34-16-10-21(24(30)31)29(12-16)25(32)35-26(3,4)5/h7-9,13-14,16,21-22H,10-12H2,1-6H3,(H,30,31)/t16-,21+,22?/m1/s1. The summed E-state index contributed by atoms with van der Waals surface area (Å²) in [6.07, 6.45) is -0.827. The van der Waals surface area contributed by atoms with Crippen LogP contribution in [0.1, 0.15) is 75.7 Å². The molecule has 9 nitrogen and oxygen atoms in total. The van der Waals surface area contributed by atoms with Crippen molar-refractivity contribution >= 4 is 34.8 Å². The number of carbonyl (C=O) groups excluding carboxylic acids is 1. The Balaban J connectivity index is 1.59. The van der Waals surface area contributed by atoms with Gasteiger partial charge in [0.15, 0.2) is 0 Å². The van der Waals surface area contributed by atoms with Crippen molar-refractivity contribution in [3.05, 3.63) is 39.8 Å². The lowest BCUT2D eigenvalue weighted by atomic mass is 9.97. The zero-order chi connectivity index (χ0) is 26.2. The van der Waals surface area contributed by atoms with Gasteiger partial charge in [0, 0.05) is 29.9 Å². The van der Waals surface area contributed by atoms with Gasteiger partial charge in [0.2, 0.25) is 0 Å². The van der Waals surface area contributed by atoms with Crippen LogP contribution in [0.3, 0.4) is 0 Å². The molecular formula is C26H33N3O6S. The maximum atomic E-state index is 12.7. The number of ether oxygens (including phenoxy) is 3. The predicted molar refractivity (Wildman–Crippen MR) is 137 cm³/mol. The highest BCUT2D eigenvalue weighted by Gasteiger charge is 2.43. The number of hydrogen-bond acceptors (Lipinski definition) is 8. The number of rotatable bonds is 6. The number of fused-ring (bicyclic) bond motifs is 1. The molecule has 1 aromatic carbocycles. The molecule has 4 rings (SSSR count). The predicted octanol–water partition coefficient (Wildman–Crippen LogP) is 5.32. The number of aliphatic carboxylic acids is 1. The van der Waals surface area contributed by atoms with E-state index in [0.29, 0.717) is 18.1 Å².